The highest BCUT2D eigenvalue weighted by Crippen LogP contribution is 2.01. The second-order valence-corrected chi connectivity index (χ2v) is 3.39. The van der Waals surface area contributed by atoms with Crippen LogP contribution in [0.4, 0.5) is 0 Å². The van der Waals surface area contributed by atoms with Gasteiger partial charge in [0.25, 0.3) is 0 Å². The molecule has 0 saturated heterocycles. The van der Waals surface area contributed by atoms with Gasteiger partial charge >= 0.3 is 0 Å². The maximum absolute atomic E-state index is 4.50. The van der Waals surface area contributed by atoms with Gasteiger partial charge in [0.2, 0.25) is 0 Å². The Bertz CT molecular complexity index is 259. The lowest BCUT2D eigenvalue weighted by Gasteiger charge is -2.09. The van der Waals surface area contributed by atoms with E-state index in [-0.39, 0.29) is 0 Å². The van der Waals surface area contributed by atoms with E-state index in [4.69, 9.17) is 0 Å². The van der Waals surface area contributed by atoms with Crippen molar-refractivity contribution in [2.45, 2.75) is 40.8 Å². The molecule has 0 unspecified atom stereocenters. The minimum absolute atomic E-state index is 0.835. The Kier molecular flexibility index (Phi) is 14.2. The minimum Gasteiger partial charge on any atom is -0.314 e. The Hall–Kier alpha value is -0.930. The van der Waals surface area contributed by atoms with E-state index >= 15 is 0 Å². The molecule has 0 aromatic carbocycles. The van der Waals surface area contributed by atoms with Crippen LogP contribution in [0.5, 0.6) is 0 Å². The molecule has 3 nitrogen and oxygen atoms in total. The van der Waals surface area contributed by atoms with Crippen molar-refractivity contribution < 1.29 is 0 Å². The molecule has 0 fully saturated rings. The highest BCUT2D eigenvalue weighted by molar-refractivity contribution is 5.10. The molecule has 0 amide bonds. The SMILES string of the molecule is CC.CC.CNCc1cccc(CN(C)C)n1. The van der Waals surface area contributed by atoms with Gasteiger partial charge in [-0.3, -0.25) is 4.98 Å². The number of nitrogens with one attached hydrogen (secondary N) is 1. The molecule has 1 heterocycles. The lowest BCUT2D eigenvalue weighted by Crippen LogP contribution is -2.13. The summed E-state index contributed by atoms with van der Waals surface area (Å²) in [5.74, 6) is 0. The van der Waals surface area contributed by atoms with Crippen molar-refractivity contribution in [2.24, 2.45) is 0 Å². The number of nitrogens with zero attached hydrogens (tertiary/aromatic N) is 2. The molecule has 0 aliphatic rings. The average Bonchev–Trinajstić information content (AvgIpc) is 2.34. The van der Waals surface area contributed by atoms with Crippen molar-refractivity contribution in [3.8, 4) is 0 Å². The van der Waals surface area contributed by atoms with E-state index in [1.807, 2.05) is 54.9 Å². The predicted octanol–water partition coefficient (Wildman–Crippen LogP) is 2.92. The summed E-state index contributed by atoms with van der Waals surface area (Å²) in [4.78, 5) is 6.62. The third kappa shape index (κ3) is 9.97. The van der Waals surface area contributed by atoms with Gasteiger partial charge in [-0.1, -0.05) is 33.8 Å². The van der Waals surface area contributed by atoms with Crippen molar-refractivity contribution in [1.29, 1.82) is 0 Å². The Labute approximate surface area is 107 Å². The van der Waals surface area contributed by atoms with Crippen LogP contribution in [-0.4, -0.2) is 31.0 Å². The molecule has 0 aliphatic heterocycles. The summed E-state index contributed by atoms with van der Waals surface area (Å²) in [6.45, 7) is 9.73. The van der Waals surface area contributed by atoms with Gasteiger partial charge in [0, 0.05) is 13.1 Å². The maximum atomic E-state index is 4.50. The highest BCUT2D eigenvalue weighted by atomic mass is 15.1. The predicted molar refractivity (Wildman–Crippen MR) is 77.1 cm³/mol. The molecule has 100 valence electrons. The number of hydrogen-bond acceptors (Lipinski definition) is 3. The van der Waals surface area contributed by atoms with Crippen molar-refractivity contribution in [3.05, 3.63) is 29.6 Å². The zero-order valence-corrected chi connectivity index (χ0v) is 12.5. The third-order valence-corrected chi connectivity index (χ3v) is 1.70. The Balaban J connectivity index is 0. The van der Waals surface area contributed by atoms with Gasteiger partial charge in [-0.2, -0.15) is 0 Å². The van der Waals surface area contributed by atoms with Crippen LogP contribution in [-0.2, 0) is 13.1 Å². The molecule has 0 aliphatic carbocycles. The summed E-state index contributed by atoms with van der Waals surface area (Å²) in [5.41, 5.74) is 2.22. The molecular weight excluding hydrogens is 210 g/mol. The van der Waals surface area contributed by atoms with Gasteiger partial charge in [-0.15, -0.1) is 0 Å². The fraction of sp³-hybridized carbons (Fsp3) is 0.643. The molecule has 0 radical (unpaired) electrons. The van der Waals surface area contributed by atoms with Crippen LogP contribution in [0.2, 0.25) is 0 Å². The fourth-order valence-electron chi connectivity index (χ4n) is 1.22. The molecular formula is C14H29N3. The van der Waals surface area contributed by atoms with Gasteiger partial charge in [0.15, 0.2) is 0 Å². The molecule has 0 saturated carbocycles. The summed E-state index contributed by atoms with van der Waals surface area (Å²) in [6, 6.07) is 6.15. The monoisotopic (exact) mass is 239 g/mol. The van der Waals surface area contributed by atoms with E-state index < -0.39 is 0 Å². The molecule has 1 aromatic heterocycles. The quantitative estimate of drug-likeness (QED) is 0.875. The Morgan fingerprint density at radius 2 is 1.59 bits per heavy atom. The van der Waals surface area contributed by atoms with Crippen LogP contribution in [0.3, 0.4) is 0 Å². The molecule has 1 rings (SSSR count). The van der Waals surface area contributed by atoms with Crippen molar-refractivity contribution in [1.82, 2.24) is 15.2 Å². The third-order valence-electron chi connectivity index (χ3n) is 1.70. The standard InChI is InChI=1S/C10H17N3.2C2H6/c1-11-7-9-5-4-6-10(12-9)8-13(2)3;2*1-2/h4-6,11H,7-8H2,1-3H3;2*1-2H3. The van der Waals surface area contributed by atoms with Crippen molar-refractivity contribution in [2.75, 3.05) is 21.1 Å². The lowest BCUT2D eigenvalue weighted by atomic mass is 10.3. The first-order valence-corrected chi connectivity index (χ1v) is 6.46. The summed E-state index contributed by atoms with van der Waals surface area (Å²) >= 11 is 0. The van der Waals surface area contributed by atoms with Crippen LogP contribution in [0.25, 0.3) is 0 Å². The van der Waals surface area contributed by atoms with Crippen LogP contribution in [0.1, 0.15) is 39.1 Å². The molecule has 0 spiro atoms. The van der Waals surface area contributed by atoms with Gasteiger partial charge in [-0.05, 0) is 33.3 Å². The van der Waals surface area contributed by atoms with Gasteiger partial charge < -0.3 is 10.2 Å². The van der Waals surface area contributed by atoms with Gasteiger partial charge in [0.1, 0.15) is 0 Å². The van der Waals surface area contributed by atoms with Crippen LogP contribution in [0, 0.1) is 0 Å². The van der Waals surface area contributed by atoms with E-state index in [1.54, 1.807) is 0 Å². The zero-order chi connectivity index (χ0) is 13.7. The van der Waals surface area contributed by atoms with Crippen molar-refractivity contribution in [3.63, 3.8) is 0 Å². The molecule has 17 heavy (non-hydrogen) atoms. The molecule has 0 atom stereocenters. The van der Waals surface area contributed by atoms with Gasteiger partial charge in [-0.25, -0.2) is 0 Å². The van der Waals surface area contributed by atoms with Gasteiger partial charge in [0.05, 0.1) is 11.4 Å². The second-order valence-electron chi connectivity index (χ2n) is 3.39. The fourth-order valence-corrected chi connectivity index (χ4v) is 1.22. The zero-order valence-electron chi connectivity index (χ0n) is 12.5. The molecule has 1 aromatic rings. The number of hydrogen-bond donors (Lipinski definition) is 1. The molecule has 3 heteroatoms. The maximum Gasteiger partial charge on any atom is 0.0547 e. The second kappa shape index (κ2) is 13.1. The lowest BCUT2D eigenvalue weighted by molar-refractivity contribution is 0.396. The minimum atomic E-state index is 0.835. The van der Waals surface area contributed by atoms with E-state index in [0.29, 0.717) is 0 Å². The van der Waals surface area contributed by atoms with E-state index in [0.717, 1.165) is 24.5 Å². The molecule has 1 N–H and O–H groups in total. The van der Waals surface area contributed by atoms with Crippen molar-refractivity contribution >= 4 is 0 Å². The Morgan fingerprint density at radius 1 is 1.06 bits per heavy atom. The van der Waals surface area contributed by atoms with E-state index in [9.17, 15) is 0 Å². The first kappa shape index (κ1) is 18.4. The normalized spacial score (nSPS) is 8.94. The van der Waals surface area contributed by atoms with E-state index in [1.165, 1.54) is 0 Å². The van der Waals surface area contributed by atoms with Crippen LogP contribution < -0.4 is 5.32 Å². The molecule has 0 bridgehead atoms. The number of rotatable bonds is 4. The largest absolute Gasteiger partial charge is 0.314 e. The first-order chi connectivity index (χ1) is 8.22. The highest BCUT2D eigenvalue weighted by Gasteiger charge is 1.97. The summed E-state index contributed by atoms with van der Waals surface area (Å²) in [6.07, 6.45) is 0. The summed E-state index contributed by atoms with van der Waals surface area (Å²) in [5, 5.41) is 3.09. The topological polar surface area (TPSA) is 28.2 Å². The Morgan fingerprint density at radius 3 is 2.06 bits per heavy atom. The van der Waals surface area contributed by atoms with Crippen LogP contribution in [0.15, 0.2) is 18.2 Å². The summed E-state index contributed by atoms with van der Waals surface area (Å²) in [7, 11) is 6.03. The first-order valence-electron chi connectivity index (χ1n) is 6.46. The smallest absolute Gasteiger partial charge is 0.0547 e. The number of pyridine rings is 1. The average molecular weight is 239 g/mol. The van der Waals surface area contributed by atoms with Crippen LogP contribution >= 0.6 is 0 Å². The van der Waals surface area contributed by atoms with E-state index in [2.05, 4.69) is 27.3 Å². The summed E-state index contributed by atoms with van der Waals surface area (Å²) < 4.78 is 0. The number of aromatic nitrogens is 1.